The van der Waals surface area contributed by atoms with Crippen molar-refractivity contribution in [3.63, 3.8) is 0 Å². The maximum atomic E-state index is 11.8. The first-order valence-corrected chi connectivity index (χ1v) is 7.06. The van der Waals surface area contributed by atoms with Gasteiger partial charge >= 0.3 is 6.03 Å². The minimum absolute atomic E-state index is 0.389. The molecule has 0 aliphatic heterocycles. The zero-order chi connectivity index (χ0) is 15.2. The molecular weight excluding hydrogens is 307 g/mol. The number of anilines is 1. The Hall–Kier alpha value is -1.97. The first-order chi connectivity index (χ1) is 10.1. The fraction of sp³-hybridized carbons (Fsp3) is 0.0625. The molecule has 0 spiro atoms. The van der Waals surface area contributed by atoms with E-state index in [4.69, 9.17) is 23.2 Å². The molecule has 0 aromatic heterocycles. The van der Waals surface area contributed by atoms with Gasteiger partial charge in [0.25, 0.3) is 0 Å². The zero-order valence-corrected chi connectivity index (χ0v) is 12.9. The lowest BCUT2D eigenvalue weighted by molar-refractivity contribution is 0.255. The average Bonchev–Trinajstić information content (AvgIpc) is 2.43. The van der Waals surface area contributed by atoms with Crippen molar-refractivity contribution in [3.05, 3.63) is 69.8 Å². The smallest absolute Gasteiger partial charge is 0.314 e. The van der Waals surface area contributed by atoms with Crippen LogP contribution in [0.3, 0.4) is 0 Å². The Bertz CT molecular complexity index is 663. The van der Waals surface area contributed by atoms with Crippen molar-refractivity contribution in [2.75, 3.05) is 5.32 Å². The molecule has 2 amide bonds. The van der Waals surface area contributed by atoms with Gasteiger partial charge in [-0.05, 0) is 30.7 Å². The van der Waals surface area contributed by atoms with E-state index in [2.05, 4.69) is 10.6 Å². The molecule has 0 aliphatic rings. The fourth-order valence-corrected chi connectivity index (χ4v) is 2.25. The molecule has 0 saturated carbocycles. The lowest BCUT2D eigenvalue weighted by Gasteiger charge is -2.08. The highest BCUT2D eigenvalue weighted by molar-refractivity contribution is 6.39. The third kappa shape index (κ3) is 4.52. The van der Waals surface area contributed by atoms with Crippen molar-refractivity contribution in [1.29, 1.82) is 0 Å². The third-order valence-electron chi connectivity index (χ3n) is 2.73. The van der Waals surface area contributed by atoms with Crippen LogP contribution in [-0.2, 0) is 0 Å². The molecule has 3 nitrogen and oxygen atoms in total. The number of hydrogen-bond acceptors (Lipinski definition) is 1. The standard InChI is InChI=1S/C16H14Cl2N2O/c1-11-4-2-5-12(10-11)8-9-19-16(21)20-15-13(17)6-3-7-14(15)18/h2-10H,1H3,(H2,19,20,21)/b9-8+. The van der Waals surface area contributed by atoms with E-state index in [0.29, 0.717) is 15.7 Å². The van der Waals surface area contributed by atoms with E-state index in [0.717, 1.165) is 11.1 Å². The van der Waals surface area contributed by atoms with Gasteiger partial charge in [-0.3, -0.25) is 0 Å². The minimum atomic E-state index is -0.408. The lowest BCUT2D eigenvalue weighted by atomic mass is 10.1. The molecule has 2 N–H and O–H groups in total. The Labute approximate surface area is 133 Å². The predicted octanol–water partition coefficient (Wildman–Crippen LogP) is 5.09. The van der Waals surface area contributed by atoms with E-state index < -0.39 is 6.03 Å². The Balaban J connectivity index is 1.96. The third-order valence-corrected chi connectivity index (χ3v) is 3.36. The summed E-state index contributed by atoms with van der Waals surface area (Å²) in [5.41, 5.74) is 2.55. The van der Waals surface area contributed by atoms with Gasteiger partial charge in [-0.1, -0.05) is 59.1 Å². The van der Waals surface area contributed by atoms with Crippen LogP contribution >= 0.6 is 23.2 Å². The van der Waals surface area contributed by atoms with Gasteiger partial charge in [-0.25, -0.2) is 4.79 Å². The van der Waals surface area contributed by atoms with Crippen LogP contribution in [0.4, 0.5) is 10.5 Å². The van der Waals surface area contributed by atoms with Gasteiger partial charge in [0.2, 0.25) is 0 Å². The van der Waals surface area contributed by atoms with Crippen molar-refractivity contribution in [2.24, 2.45) is 0 Å². The number of urea groups is 1. The van der Waals surface area contributed by atoms with Crippen LogP contribution < -0.4 is 10.6 Å². The zero-order valence-electron chi connectivity index (χ0n) is 11.4. The molecule has 0 aliphatic carbocycles. The number of rotatable bonds is 3. The quantitative estimate of drug-likeness (QED) is 0.812. The molecule has 2 aromatic carbocycles. The van der Waals surface area contributed by atoms with Crippen LogP contribution in [0.5, 0.6) is 0 Å². The molecule has 0 fully saturated rings. The number of para-hydroxylation sites is 1. The highest BCUT2D eigenvalue weighted by Crippen LogP contribution is 2.29. The molecule has 21 heavy (non-hydrogen) atoms. The molecule has 2 rings (SSSR count). The SMILES string of the molecule is Cc1cccc(/C=C/NC(=O)Nc2c(Cl)cccc2Cl)c1. The second-order valence-corrected chi connectivity index (χ2v) is 5.26. The Morgan fingerprint density at radius 2 is 1.76 bits per heavy atom. The first-order valence-electron chi connectivity index (χ1n) is 6.31. The molecule has 0 heterocycles. The Morgan fingerprint density at radius 1 is 1.10 bits per heavy atom. The van der Waals surface area contributed by atoms with Gasteiger partial charge < -0.3 is 10.6 Å². The number of amides is 2. The number of hydrogen-bond donors (Lipinski definition) is 2. The highest BCUT2D eigenvalue weighted by atomic mass is 35.5. The van der Waals surface area contributed by atoms with E-state index in [9.17, 15) is 4.79 Å². The van der Waals surface area contributed by atoms with Gasteiger partial charge in [-0.15, -0.1) is 0 Å². The Morgan fingerprint density at radius 3 is 2.43 bits per heavy atom. The van der Waals surface area contributed by atoms with Crippen LogP contribution in [0.25, 0.3) is 6.08 Å². The highest BCUT2D eigenvalue weighted by Gasteiger charge is 2.07. The maximum Gasteiger partial charge on any atom is 0.323 e. The number of aryl methyl sites for hydroxylation is 1. The normalized spacial score (nSPS) is 10.6. The van der Waals surface area contributed by atoms with E-state index in [1.165, 1.54) is 0 Å². The molecule has 2 aromatic rings. The van der Waals surface area contributed by atoms with Gasteiger partial charge in [0.1, 0.15) is 0 Å². The summed E-state index contributed by atoms with van der Waals surface area (Å²) in [6.45, 7) is 2.01. The average molecular weight is 321 g/mol. The van der Waals surface area contributed by atoms with Gasteiger partial charge in [-0.2, -0.15) is 0 Å². The molecule has 0 unspecified atom stereocenters. The van der Waals surface area contributed by atoms with Crippen LogP contribution in [-0.4, -0.2) is 6.03 Å². The van der Waals surface area contributed by atoms with Crippen LogP contribution in [0.15, 0.2) is 48.7 Å². The number of benzene rings is 2. The number of halogens is 2. The first kappa shape index (κ1) is 15.4. The Kier molecular flexibility index (Phi) is 5.26. The molecule has 0 radical (unpaired) electrons. The molecule has 108 valence electrons. The summed E-state index contributed by atoms with van der Waals surface area (Å²) in [5, 5.41) is 5.99. The topological polar surface area (TPSA) is 41.1 Å². The molecule has 5 heteroatoms. The fourth-order valence-electron chi connectivity index (χ4n) is 1.75. The second-order valence-electron chi connectivity index (χ2n) is 4.44. The maximum absolute atomic E-state index is 11.8. The molecular formula is C16H14Cl2N2O. The summed E-state index contributed by atoms with van der Waals surface area (Å²) in [7, 11) is 0. The summed E-state index contributed by atoms with van der Waals surface area (Å²) in [6, 6.07) is 12.6. The molecule has 0 bridgehead atoms. The largest absolute Gasteiger partial charge is 0.323 e. The van der Waals surface area contributed by atoms with E-state index >= 15 is 0 Å². The molecule has 0 atom stereocenters. The number of carbonyl (C=O) groups excluding carboxylic acids is 1. The monoisotopic (exact) mass is 320 g/mol. The summed E-state index contributed by atoms with van der Waals surface area (Å²) in [4.78, 5) is 11.8. The van der Waals surface area contributed by atoms with Gasteiger partial charge in [0, 0.05) is 6.20 Å². The summed E-state index contributed by atoms with van der Waals surface area (Å²) >= 11 is 12.0. The van der Waals surface area contributed by atoms with Crippen LogP contribution in [0.1, 0.15) is 11.1 Å². The summed E-state index contributed by atoms with van der Waals surface area (Å²) in [6.07, 6.45) is 3.37. The van der Waals surface area contributed by atoms with Crippen LogP contribution in [0.2, 0.25) is 10.0 Å². The van der Waals surface area contributed by atoms with Crippen molar-refractivity contribution in [3.8, 4) is 0 Å². The minimum Gasteiger partial charge on any atom is -0.314 e. The van der Waals surface area contributed by atoms with Crippen molar-refractivity contribution in [2.45, 2.75) is 6.92 Å². The van der Waals surface area contributed by atoms with E-state index in [1.807, 2.05) is 31.2 Å². The molecule has 0 saturated heterocycles. The van der Waals surface area contributed by atoms with Crippen molar-refractivity contribution >= 4 is 41.0 Å². The van der Waals surface area contributed by atoms with Crippen molar-refractivity contribution < 1.29 is 4.79 Å². The van der Waals surface area contributed by atoms with Gasteiger partial charge in [0.15, 0.2) is 0 Å². The number of carbonyl (C=O) groups is 1. The predicted molar refractivity (Wildman–Crippen MR) is 88.8 cm³/mol. The van der Waals surface area contributed by atoms with E-state index in [1.54, 1.807) is 30.5 Å². The lowest BCUT2D eigenvalue weighted by Crippen LogP contribution is -2.24. The second kappa shape index (κ2) is 7.16. The van der Waals surface area contributed by atoms with Crippen LogP contribution in [0, 0.1) is 6.92 Å². The number of nitrogens with one attached hydrogen (secondary N) is 2. The van der Waals surface area contributed by atoms with Crippen molar-refractivity contribution in [1.82, 2.24) is 5.32 Å². The summed E-state index contributed by atoms with van der Waals surface area (Å²) < 4.78 is 0. The summed E-state index contributed by atoms with van der Waals surface area (Å²) in [5.74, 6) is 0. The van der Waals surface area contributed by atoms with Gasteiger partial charge in [0.05, 0.1) is 15.7 Å². The van der Waals surface area contributed by atoms with E-state index in [-0.39, 0.29) is 0 Å².